The van der Waals surface area contributed by atoms with Crippen molar-refractivity contribution >= 4 is 23.2 Å². The predicted molar refractivity (Wildman–Crippen MR) is 67.3 cm³/mol. The maximum absolute atomic E-state index is 6.16. The zero-order chi connectivity index (χ0) is 11.5. The first-order chi connectivity index (χ1) is 7.74. The van der Waals surface area contributed by atoms with Crippen molar-refractivity contribution in [3.8, 4) is 16.9 Å². The fourth-order valence-corrected chi connectivity index (χ4v) is 1.92. The van der Waals surface area contributed by atoms with Crippen molar-refractivity contribution < 1.29 is 4.74 Å². The smallest absolute Gasteiger partial charge is 0.127 e. The molecule has 2 aromatic rings. The average molecular weight is 252 g/mol. The van der Waals surface area contributed by atoms with E-state index in [1.807, 2.05) is 24.3 Å². The SMILES string of the molecule is COc1c[c]ccc1-c1cccc(Cl)c1Cl. The van der Waals surface area contributed by atoms with Crippen LogP contribution in [0.3, 0.4) is 0 Å². The second-order valence-corrected chi connectivity index (χ2v) is 4.01. The van der Waals surface area contributed by atoms with E-state index in [4.69, 9.17) is 27.9 Å². The van der Waals surface area contributed by atoms with E-state index in [0.29, 0.717) is 10.0 Å². The third-order valence-electron chi connectivity index (χ3n) is 2.29. The topological polar surface area (TPSA) is 9.23 Å². The van der Waals surface area contributed by atoms with Crippen LogP contribution in [0.25, 0.3) is 11.1 Å². The third-order valence-corrected chi connectivity index (χ3v) is 3.11. The molecular weight excluding hydrogens is 243 g/mol. The summed E-state index contributed by atoms with van der Waals surface area (Å²) in [6, 6.07) is 14.0. The standard InChI is InChI=1S/C13H9Cl2O/c1-16-12-8-3-2-5-9(12)10-6-4-7-11(14)13(10)15/h2,4-8H,1H3. The largest absolute Gasteiger partial charge is 0.496 e. The number of rotatable bonds is 2. The molecular formula is C13H9Cl2O. The summed E-state index contributed by atoms with van der Waals surface area (Å²) in [5.41, 5.74) is 1.77. The summed E-state index contributed by atoms with van der Waals surface area (Å²) in [6.07, 6.45) is 0. The molecule has 0 unspecified atom stereocenters. The quantitative estimate of drug-likeness (QED) is 0.766. The molecule has 1 nitrogen and oxygen atoms in total. The number of hydrogen-bond donors (Lipinski definition) is 0. The van der Waals surface area contributed by atoms with Crippen LogP contribution < -0.4 is 4.74 Å². The summed E-state index contributed by atoms with van der Waals surface area (Å²) in [7, 11) is 1.62. The number of hydrogen-bond acceptors (Lipinski definition) is 1. The van der Waals surface area contributed by atoms with E-state index in [9.17, 15) is 0 Å². The first kappa shape index (κ1) is 11.3. The van der Waals surface area contributed by atoms with Gasteiger partial charge >= 0.3 is 0 Å². The van der Waals surface area contributed by atoms with Crippen molar-refractivity contribution in [3.05, 3.63) is 52.5 Å². The summed E-state index contributed by atoms with van der Waals surface area (Å²) in [5, 5.41) is 1.07. The molecule has 0 aliphatic carbocycles. The van der Waals surface area contributed by atoms with Gasteiger partial charge in [-0.15, -0.1) is 0 Å². The molecule has 0 N–H and O–H groups in total. The molecule has 0 bridgehead atoms. The van der Waals surface area contributed by atoms with Gasteiger partial charge in [-0.2, -0.15) is 0 Å². The Labute approximate surface area is 105 Å². The Morgan fingerprint density at radius 1 is 1.12 bits per heavy atom. The summed E-state index contributed by atoms with van der Waals surface area (Å²) in [6.45, 7) is 0. The second kappa shape index (κ2) is 4.77. The van der Waals surface area contributed by atoms with E-state index in [2.05, 4.69) is 6.07 Å². The zero-order valence-corrected chi connectivity index (χ0v) is 10.1. The molecule has 0 fully saturated rings. The Morgan fingerprint density at radius 3 is 2.69 bits per heavy atom. The summed E-state index contributed by atoms with van der Waals surface area (Å²) in [5.74, 6) is 0.728. The highest BCUT2D eigenvalue weighted by molar-refractivity contribution is 6.43. The summed E-state index contributed by atoms with van der Waals surface area (Å²) < 4.78 is 5.26. The van der Waals surface area contributed by atoms with Gasteiger partial charge in [0, 0.05) is 11.1 Å². The fraction of sp³-hybridized carbons (Fsp3) is 0.0769. The lowest BCUT2D eigenvalue weighted by atomic mass is 10.0. The monoisotopic (exact) mass is 251 g/mol. The van der Waals surface area contributed by atoms with Gasteiger partial charge in [0.25, 0.3) is 0 Å². The molecule has 0 amide bonds. The molecule has 0 aromatic heterocycles. The minimum Gasteiger partial charge on any atom is -0.496 e. The minimum atomic E-state index is 0.536. The maximum atomic E-state index is 6.16. The van der Waals surface area contributed by atoms with Crippen molar-refractivity contribution in [3.63, 3.8) is 0 Å². The lowest BCUT2D eigenvalue weighted by Gasteiger charge is -2.10. The Bertz CT molecular complexity index is 509. The molecule has 1 radical (unpaired) electrons. The van der Waals surface area contributed by atoms with Gasteiger partial charge in [-0.3, -0.25) is 0 Å². The van der Waals surface area contributed by atoms with E-state index in [0.717, 1.165) is 16.9 Å². The number of benzene rings is 2. The molecule has 2 aromatic carbocycles. The van der Waals surface area contributed by atoms with Crippen LogP contribution in [0.4, 0.5) is 0 Å². The molecule has 0 spiro atoms. The lowest BCUT2D eigenvalue weighted by molar-refractivity contribution is 0.416. The van der Waals surface area contributed by atoms with Crippen molar-refractivity contribution in [2.75, 3.05) is 7.11 Å². The van der Waals surface area contributed by atoms with Gasteiger partial charge in [0.15, 0.2) is 0 Å². The number of halogens is 2. The van der Waals surface area contributed by atoms with Crippen LogP contribution in [0.2, 0.25) is 10.0 Å². The molecule has 81 valence electrons. The van der Waals surface area contributed by atoms with Crippen LogP contribution in [0.15, 0.2) is 36.4 Å². The highest BCUT2D eigenvalue weighted by atomic mass is 35.5. The highest BCUT2D eigenvalue weighted by Gasteiger charge is 2.10. The van der Waals surface area contributed by atoms with Gasteiger partial charge in [-0.05, 0) is 24.3 Å². The Balaban J connectivity index is 2.63. The molecule has 0 atom stereocenters. The Hall–Kier alpha value is -1.18. The van der Waals surface area contributed by atoms with E-state index in [1.54, 1.807) is 19.2 Å². The molecule has 0 heterocycles. The van der Waals surface area contributed by atoms with Gasteiger partial charge in [0.05, 0.1) is 17.2 Å². The summed E-state index contributed by atoms with van der Waals surface area (Å²) in [4.78, 5) is 0. The maximum Gasteiger partial charge on any atom is 0.127 e. The average Bonchev–Trinajstić information content (AvgIpc) is 2.33. The highest BCUT2D eigenvalue weighted by Crippen LogP contribution is 2.37. The molecule has 0 saturated heterocycles. The predicted octanol–water partition coefficient (Wildman–Crippen LogP) is 4.47. The molecule has 16 heavy (non-hydrogen) atoms. The van der Waals surface area contributed by atoms with E-state index >= 15 is 0 Å². The van der Waals surface area contributed by atoms with E-state index in [1.165, 1.54) is 0 Å². The van der Waals surface area contributed by atoms with Crippen LogP contribution >= 0.6 is 23.2 Å². The van der Waals surface area contributed by atoms with Gasteiger partial charge < -0.3 is 4.74 Å². The third kappa shape index (κ3) is 2.01. The molecule has 0 aliphatic rings. The van der Waals surface area contributed by atoms with Crippen molar-refractivity contribution in [1.29, 1.82) is 0 Å². The molecule has 2 rings (SSSR count). The second-order valence-electron chi connectivity index (χ2n) is 3.23. The van der Waals surface area contributed by atoms with Crippen LogP contribution in [-0.2, 0) is 0 Å². The van der Waals surface area contributed by atoms with Crippen LogP contribution in [0.1, 0.15) is 0 Å². The van der Waals surface area contributed by atoms with Gasteiger partial charge in [-0.25, -0.2) is 0 Å². The number of methoxy groups -OCH3 is 1. The molecule has 3 heteroatoms. The van der Waals surface area contributed by atoms with Gasteiger partial charge in [0.2, 0.25) is 0 Å². The summed E-state index contributed by atoms with van der Waals surface area (Å²) >= 11 is 12.1. The Kier molecular flexibility index (Phi) is 3.37. The first-order valence-corrected chi connectivity index (χ1v) is 5.48. The normalized spacial score (nSPS) is 10.2. The van der Waals surface area contributed by atoms with Crippen molar-refractivity contribution in [2.24, 2.45) is 0 Å². The van der Waals surface area contributed by atoms with E-state index < -0.39 is 0 Å². The fourth-order valence-electron chi connectivity index (χ4n) is 1.52. The number of ether oxygens (including phenoxy) is 1. The van der Waals surface area contributed by atoms with Crippen molar-refractivity contribution in [2.45, 2.75) is 0 Å². The van der Waals surface area contributed by atoms with Crippen LogP contribution in [0.5, 0.6) is 5.75 Å². The van der Waals surface area contributed by atoms with Gasteiger partial charge in [-0.1, -0.05) is 41.4 Å². The van der Waals surface area contributed by atoms with Crippen LogP contribution in [0, 0.1) is 6.07 Å². The first-order valence-electron chi connectivity index (χ1n) is 4.72. The van der Waals surface area contributed by atoms with Crippen molar-refractivity contribution in [1.82, 2.24) is 0 Å². The van der Waals surface area contributed by atoms with Gasteiger partial charge in [0.1, 0.15) is 5.75 Å². The lowest BCUT2D eigenvalue weighted by Crippen LogP contribution is -1.88. The van der Waals surface area contributed by atoms with E-state index in [-0.39, 0.29) is 0 Å². The minimum absolute atomic E-state index is 0.536. The van der Waals surface area contributed by atoms with Crippen LogP contribution in [-0.4, -0.2) is 7.11 Å². The molecule has 0 saturated carbocycles. The Morgan fingerprint density at radius 2 is 1.94 bits per heavy atom. The zero-order valence-electron chi connectivity index (χ0n) is 8.63. The molecule has 0 aliphatic heterocycles.